The third kappa shape index (κ3) is 3.92. The van der Waals surface area contributed by atoms with Crippen molar-refractivity contribution in [3.8, 4) is 0 Å². The van der Waals surface area contributed by atoms with Crippen LogP contribution in [0.4, 0.5) is 0 Å². The molecule has 2 rings (SSSR count). The summed E-state index contributed by atoms with van der Waals surface area (Å²) in [6, 6.07) is 10.0. The molecule has 0 aliphatic rings. The molecule has 1 aromatic carbocycles. The minimum Gasteiger partial charge on any atom is -0.385 e. The molecule has 0 saturated heterocycles. The van der Waals surface area contributed by atoms with Gasteiger partial charge in [0.05, 0.1) is 24.3 Å². The first-order valence-corrected chi connectivity index (χ1v) is 7.12. The van der Waals surface area contributed by atoms with E-state index in [1.807, 2.05) is 30.7 Å². The summed E-state index contributed by atoms with van der Waals surface area (Å²) in [7, 11) is 1.74. The summed E-state index contributed by atoms with van der Waals surface area (Å²) in [5.41, 5.74) is 8.52. The number of hydrogen-bond acceptors (Lipinski definition) is 3. The molecule has 0 saturated carbocycles. The SMILES string of the molecule is COCCCCCn1cncc1C(N)c1ccccc1. The quantitative estimate of drug-likeness (QED) is 0.752. The zero-order valence-corrected chi connectivity index (χ0v) is 12.0. The molecule has 1 unspecified atom stereocenters. The lowest BCUT2D eigenvalue weighted by atomic mass is 10.1. The number of ether oxygens (including phenoxy) is 1. The van der Waals surface area contributed by atoms with Crippen LogP contribution in [0.5, 0.6) is 0 Å². The number of nitrogens with zero attached hydrogens (tertiary/aromatic N) is 2. The maximum atomic E-state index is 6.33. The van der Waals surface area contributed by atoms with Crippen LogP contribution < -0.4 is 5.73 Å². The van der Waals surface area contributed by atoms with E-state index in [9.17, 15) is 0 Å². The number of benzene rings is 1. The van der Waals surface area contributed by atoms with Gasteiger partial charge in [-0.05, 0) is 24.8 Å². The minimum atomic E-state index is -0.113. The fourth-order valence-corrected chi connectivity index (χ4v) is 2.31. The van der Waals surface area contributed by atoms with Crippen molar-refractivity contribution < 1.29 is 4.74 Å². The standard InChI is InChI=1S/C16H23N3O/c1-20-11-7-3-6-10-19-13-18-12-15(19)16(17)14-8-4-2-5-9-14/h2,4-5,8-9,12-13,16H,3,6-7,10-11,17H2,1H3. The molecular formula is C16H23N3O. The van der Waals surface area contributed by atoms with Gasteiger partial charge in [0.2, 0.25) is 0 Å². The second-order valence-corrected chi connectivity index (χ2v) is 4.95. The van der Waals surface area contributed by atoms with Crippen LogP contribution in [-0.4, -0.2) is 23.3 Å². The van der Waals surface area contributed by atoms with E-state index in [1.165, 1.54) is 0 Å². The van der Waals surface area contributed by atoms with Gasteiger partial charge in [0.15, 0.2) is 0 Å². The highest BCUT2D eigenvalue weighted by Gasteiger charge is 2.13. The highest BCUT2D eigenvalue weighted by atomic mass is 16.5. The van der Waals surface area contributed by atoms with Crippen LogP contribution in [0.15, 0.2) is 42.9 Å². The topological polar surface area (TPSA) is 53.1 Å². The minimum absolute atomic E-state index is 0.113. The number of rotatable bonds is 8. The van der Waals surface area contributed by atoms with Crippen molar-refractivity contribution in [3.05, 3.63) is 54.1 Å². The summed E-state index contributed by atoms with van der Waals surface area (Å²) in [6.45, 7) is 1.79. The van der Waals surface area contributed by atoms with Crippen molar-refractivity contribution in [3.63, 3.8) is 0 Å². The molecule has 108 valence electrons. The normalized spacial score (nSPS) is 12.5. The molecule has 0 aliphatic heterocycles. The second kappa shape index (κ2) is 7.82. The van der Waals surface area contributed by atoms with Gasteiger partial charge in [-0.15, -0.1) is 0 Å². The van der Waals surface area contributed by atoms with Crippen molar-refractivity contribution in [2.45, 2.75) is 31.8 Å². The predicted octanol–water partition coefficient (Wildman–Crippen LogP) is 2.75. The Bertz CT molecular complexity index is 495. The summed E-state index contributed by atoms with van der Waals surface area (Å²) in [6.07, 6.45) is 7.12. The van der Waals surface area contributed by atoms with Gasteiger partial charge in [-0.2, -0.15) is 0 Å². The van der Waals surface area contributed by atoms with Crippen molar-refractivity contribution in [1.82, 2.24) is 9.55 Å². The number of hydrogen-bond donors (Lipinski definition) is 1. The number of aryl methyl sites for hydroxylation is 1. The number of methoxy groups -OCH3 is 1. The van der Waals surface area contributed by atoms with Gasteiger partial charge in [-0.25, -0.2) is 4.98 Å². The third-order valence-corrected chi connectivity index (χ3v) is 3.47. The number of unbranched alkanes of at least 4 members (excludes halogenated alkanes) is 2. The summed E-state index contributed by atoms with van der Waals surface area (Å²) in [4.78, 5) is 4.24. The molecule has 2 N–H and O–H groups in total. The lowest BCUT2D eigenvalue weighted by Crippen LogP contribution is -2.16. The Morgan fingerprint density at radius 3 is 2.75 bits per heavy atom. The van der Waals surface area contributed by atoms with Crippen LogP contribution in [0.1, 0.15) is 36.6 Å². The highest BCUT2D eigenvalue weighted by molar-refractivity contribution is 5.26. The van der Waals surface area contributed by atoms with Gasteiger partial charge in [0.25, 0.3) is 0 Å². The van der Waals surface area contributed by atoms with E-state index < -0.39 is 0 Å². The highest BCUT2D eigenvalue weighted by Crippen LogP contribution is 2.19. The van der Waals surface area contributed by atoms with Gasteiger partial charge >= 0.3 is 0 Å². The first-order valence-electron chi connectivity index (χ1n) is 7.12. The van der Waals surface area contributed by atoms with Gasteiger partial charge in [0.1, 0.15) is 0 Å². The fourth-order valence-electron chi connectivity index (χ4n) is 2.31. The van der Waals surface area contributed by atoms with Crippen molar-refractivity contribution in [2.24, 2.45) is 5.73 Å². The predicted molar refractivity (Wildman–Crippen MR) is 80.4 cm³/mol. The Labute approximate surface area is 120 Å². The fraction of sp³-hybridized carbons (Fsp3) is 0.438. The van der Waals surface area contributed by atoms with Crippen molar-refractivity contribution in [2.75, 3.05) is 13.7 Å². The largest absolute Gasteiger partial charge is 0.385 e. The maximum Gasteiger partial charge on any atom is 0.0948 e. The van der Waals surface area contributed by atoms with E-state index in [0.29, 0.717) is 0 Å². The van der Waals surface area contributed by atoms with E-state index >= 15 is 0 Å². The van der Waals surface area contributed by atoms with Crippen LogP contribution in [0, 0.1) is 0 Å². The van der Waals surface area contributed by atoms with Gasteiger partial charge in [-0.3, -0.25) is 0 Å². The molecule has 0 radical (unpaired) electrons. The molecule has 1 aromatic heterocycles. The van der Waals surface area contributed by atoms with Crippen LogP contribution in [-0.2, 0) is 11.3 Å². The monoisotopic (exact) mass is 273 g/mol. The van der Waals surface area contributed by atoms with Crippen LogP contribution >= 0.6 is 0 Å². The molecular weight excluding hydrogens is 250 g/mol. The average Bonchev–Trinajstić information content (AvgIpc) is 2.95. The first-order chi connectivity index (χ1) is 9.83. The molecule has 4 nitrogen and oxygen atoms in total. The maximum absolute atomic E-state index is 6.33. The van der Waals surface area contributed by atoms with Crippen molar-refractivity contribution in [1.29, 1.82) is 0 Å². The van der Waals surface area contributed by atoms with Crippen molar-refractivity contribution >= 4 is 0 Å². The Hall–Kier alpha value is -1.65. The summed E-state index contributed by atoms with van der Waals surface area (Å²) in [5.74, 6) is 0. The third-order valence-electron chi connectivity index (χ3n) is 3.47. The Morgan fingerprint density at radius 2 is 2.00 bits per heavy atom. The molecule has 0 fully saturated rings. The summed E-state index contributed by atoms with van der Waals surface area (Å²) in [5, 5.41) is 0. The lowest BCUT2D eigenvalue weighted by Gasteiger charge is -2.15. The molecule has 0 aliphatic carbocycles. The summed E-state index contributed by atoms with van der Waals surface area (Å²) >= 11 is 0. The average molecular weight is 273 g/mol. The number of nitrogens with two attached hydrogens (primary N) is 1. The van der Waals surface area contributed by atoms with Gasteiger partial charge in [0, 0.05) is 20.3 Å². The Morgan fingerprint density at radius 1 is 1.20 bits per heavy atom. The van der Waals surface area contributed by atoms with E-state index in [-0.39, 0.29) is 6.04 Å². The van der Waals surface area contributed by atoms with Crippen LogP contribution in [0.3, 0.4) is 0 Å². The lowest BCUT2D eigenvalue weighted by molar-refractivity contribution is 0.191. The number of imidazole rings is 1. The molecule has 1 heterocycles. The molecule has 0 spiro atoms. The summed E-state index contributed by atoms with van der Waals surface area (Å²) < 4.78 is 7.22. The first kappa shape index (κ1) is 14.8. The number of aromatic nitrogens is 2. The molecule has 1 atom stereocenters. The Balaban J connectivity index is 1.94. The van der Waals surface area contributed by atoms with E-state index in [2.05, 4.69) is 21.7 Å². The molecule has 0 bridgehead atoms. The van der Waals surface area contributed by atoms with E-state index in [4.69, 9.17) is 10.5 Å². The van der Waals surface area contributed by atoms with Gasteiger partial charge < -0.3 is 15.0 Å². The van der Waals surface area contributed by atoms with Gasteiger partial charge in [-0.1, -0.05) is 30.3 Å². The molecule has 20 heavy (non-hydrogen) atoms. The Kier molecular flexibility index (Phi) is 5.77. The van der Waals surface area contributed by atoms with Crippen LogP contribution in [0.2, 0.25) is 0 Å². The van der Waals surface area contributed by atoms with E-state index in [0.717, 1.165) is 43.7 Å². The zero-order chi connectivity index (χ0) is 14.2. The zero-order valence-electron chi connectivity index (χ0n) is 12.0. The molecule has 4 heteroatoms. The smallest absolute Gasteiger partial charge is 0.0948 e. The molecule has 2 aromatic rings. The van der Waals surface area contributed by atoms with E-state index in [1.54, 1.807) is 7.11 Å². The second-order valence-electron chi connectivity index (χ2n) is 4.95. The molecule has 0 amide bonds. The van der Waals surface area contributed by atoms with Crippen LogP contribution in [0.25, 0.3) is 0 Å².